The number of methoxy groups -OCH3 is 4. The fourth-order valence-electron chi connectivity index (χ4n) is 2.23. The maximum absolute atomic E-state index is 11.4. The first-order valence-corrected chi connectivity index (χ1v) is 7.46. The number of allylic oxidation sites excluding steroid dienone is 2. The van der Waals surface area contributed by atoms with Crippen molar-refractivity contribution in [1.82, 2.24) is 0 Å². The van der Waals surface area contributed by atoms with Crippen molar-refractivity contribution < 1.29 is 69.7 Å². The van der Waals surface area contributed by atoms with E-state index in [1.165, 1.54) is 40.6 Å². The number of Topliss-reactive ketones (excluding diaryl/α,β-unsaturated/α-hetero) is 1. The third kappa shape index (κ3) is 5.95. The van der Waals surface area contributed by atoms with Crippen molar-refractivity contribution in [3.8, 4) is 23.0 Å². The molecule has 28 heavy (non-hydrogen) atoms. The van der Waals surface area contributed by atoms with Gasteiger partial charge in [0.05, 0.1) is 28.4 Å². The number of phenols is 2. The van der Waals surface area contributed by atoms with E-state index in [1.54, 1.807) is 13.8 Å². The van der Waals surface area contributed by atoms with Crippen LogP contribution in [0, 0.1) is 6.92 Å². The molecule has 0 heterocycles. The number of hydrogen-bond donors (Lipinski definition) is 2. The van der Waals surface area contributed by atoms with E-state index in [4.69, 9.17) is 18.9 Å². The van der Waals surface area contributed by atoms with Crippen LogP contribution in [0.2, 0.25) is 0 Å². The predicted molar refractivity (Wildman–Crippen MR) is 99.3 cm³/mol. The van der Waals surface area contributed by atoms with Gasteiger partial charge in [0.25, 0.3) is 0 Å². The molecule has 1 aromatic rings. The number of aromatic hydroxyl groups is 2. The molecule has 0 atom stereocenters. The number of ketones is 2. The minimum Gasteiger partial charge on any atom is -1.00 e. The van der Waals surface area contributed by atoms with Gasteiger partial charge in [0.15, 0.2) is 11.5 Å². The largest absolute Gasteiger partial charge is 1.00 e. The molecule has 0 amide bonds. The summed E-state index contributed by atoms with van der Waals surface area (Å²) in [4.78, 5) is 22.6. The van der Waals surface area contributed by atoms with Crippen LogP contribution < -0.4 is 39.0 Å². The number of phenolic OH excluding ortho intramolecular Hbond substituents is 2. The Labute approximate surface area is 189 Å². The normalized spacial score (nSPS) is 12.6. The van der Waals surface area contributed by atoms with Crippen molar-refractivity contribution in [3.05, 3.63) is 34.8 Å². The molecular formula is C18H23BNaO8. The van der Waals surface area contributed by atoms with Crippen molar-refractivity contribution in [2.75, 3.05) is 28.4 Å². The van der Waals surface area contributed by atoms with E-state index >= 15 is 0 Å². The molecule has 1 aliphatic carbocycles. The number of carbonyl (C=O) groups excluding carboxylic acids is 2. The average molecular weight is 401 g/mol. The summed E-state index contributed by atoms with van der Waals surface area (Å²) >= 11 is 0. The molecule has 0 unspecified atom stereocenters. The van der Waals surface area contributed by atoms with E-state index in [0.717, 1.165) is 0 Å². The molecule has 8 nitrogen and oxygen atoms in total. The van der Waals surface area contributed by atoms with Crippen LogP contribution in [0.1, 0.15) is 13.9 Å². The molecule has 3 radical (unpaired) electrons. The third-order valence-corrected chi connectivity index (χ3v) is 3.54. The summed E-state index contributed by atoms with van der Waals surface area (Å²) < 4.78 is 19.3. The van der Waals surface area contributed by atoms with E-state index in [-0.39, 0.29) is 85.5 Å². The fraction of sp³-hybridized carbons (Fsp3) is 0.333. The average Bonchev–Trinajstić information content (AvgIpc) is 2.61. The van der Waals surface area contributed by atoms with Gasteiger partial charge >= 0.3 is 29.6 Å². The molecule has 0 saturated heterocycles. The van der Waals surface area contributed by atoms with Gasteiger partial charge < -0.3 is 30.6 Å². The molecule has 1 aliphatic rings. The van der Waals surface area contributed by atoms with Gasteiger partial charge in [-0.3, -0.25) is 9.59 Å². The van der Waals surface area contributed by atoms with Crippen LogP contribution >= 0.6 is 0 Å². The van der Waals surface area contributed by atoms with Crippen LogP contribution in [-0.2, 0) is 19.1 Å². The summed E-state index contributed by atoms with van der Waals surface area (Å²) in [6.45, 7) is 3.22. The second kappa shape index (κ2) is 12.4. The van der Waals surface area contributed by atoms with E-state index in [2.05, 4.69) is 0 Å². The van der Waals surface area contributed by atoms with Crippen LogP contribution in [0.4, 0.5) is 0 Å². The van der Waals surface area contributed by atoms with Crippen LogP contribution in [0.25, 0.3) is 0 Å². The van der Waals surface area contributed by atoms with E-state index in [0.29, 0.717) is 11.1 Å². The Morgan fingerprint density at radius 1 is 0.857 bits per heavy atom. The number of aryl methyl sites for hydroxylation is 1. The number of benzene rings is 1. The summed E-state index contributed by atoms with van der Waals surface area (Å²) in [6.07, 6.45) is 1.24. The van der Waals surface area contributed by atoms with Crippen molar-refractivity contribution in [2.24, 2.45) is 0 Å². The second-order valence-corrected chi connectivity index (χ2v) is 5.21. The molecule has 10 heteroatoms. The van der Waals surface area contributed by atoms with E-state index in [9.17, 15) is 19.8 Å². The van der Waals surface area contributed by atoms with Gasteiger partial charge in [0, 0.05) is 14.0 Å². The molecule has 0 saturated carbocycles. The summed E-state index contributed by atoms with van der Waals surface area (Å²) in [6, 6.07) is 1.41. The Kier molecular flexibility index (Phi) is 12.4. The van der Waals surface area contributed by atoms with Gasteiger partial charge in [-0.25, -0.2) is 0 Å². The molecular weight excluding hydrogens is 378 g/mol. The zero-order chi connectivity index (χ0) is 20.0. The van der Waals surface area contributed by atoms with Gasteiger partial charge in [-0.15, -0.1) is 0 Å². The van der Waals surface area contributed by atoms with E-state index in [1.807, 2.05) is 0 Å². The van der Waals surface area contributed by atoms with Crippen LogP contribution in [0.5, 0.6) is 23.0 Å². The van der Waals surface area contributed by atoms with Crippen LogP contribution in [-0.4, -0.2) is 58.6 Å². The van der Waals surface area contributed by atoms with Gasteiger partial charge in [-0.2, -0.15) is 0 Å². The SMILES string of the molecule is COC1=C(OC)C(=O)C(C)=CC1=O.COc1c(O)cc(C)c(O)c1OC.[B].[H-].[Na+]. The molecule has 0 bridgehead atoms. The fourth-order valence-corrected chi connectivity index (χ4v) is 2.23. The smallest absolute Gasteiger partial charge is 1.00 e. The standard InChI is InChI=1S/C9H12O4.C9H10O4.B.Na.H/c2*1-5-4-6(10)8(12-2)9(13-3)7(5)11;;;/h4,10-11H,1-3H3;4H,1-3H3;;;/q;;;+1;-1. The number of hydrogen-bond acceptors (Lipinski definition) is 8. The van der Waals surface area contributed by atoms with Crippen molar-refractivity contribution in [2.45, 2.75) is 13.8 Å². The maximum Gasteiger partial charge on any atom is 1.00 e. The Morgan fingerprint density at radius 2 is 1.36 bits per heavy atom. The Balaban J connectivity index is -0.000000422. The molecule has 0 spiro atoms. The topological polar surface area (TPSA) is 112 Å². The molecule has 2 N–H and O–H groups in total. The summed E-state index contributed by atoms with van der Waals surface area (Å²) in [5.41, 5.74) is 0.901. The monoisotopic (exact) mass is 401 g/mol. The summed E-state index contributed by atoms with van der Waals surface area (Å²) in [7, 11) is 5.45. The minimum absolute atomic E-state index is 0. The molecule has 0 aromatic heterocycles. The molecule has 0 aliphatic heterocycles. The Bertz CT molecular complexity index is 793. The summed E-state index contributed by atoms with van der Waals surface area (Å²) in [5.74, 6) is -0.460. The van der Waals surface area contributed by atoms with E-state index < -0.39 is 0 Å². The first-order valence-electron chi connectivity index (χ1n) is 7.46. The zero-order valence-electron chi connectivity index (χ0n) is 18.1. The third-order valence-electron chi connectivity index (χ3n) is 3.54. The molecule has 0 fully saturated rings. The van der Waals surface area contributed by atoms with Crippen molar-refractivity contribution in [1.29, 1.82) is 0 Å². The first kappa shape index (κ1) is 28.1. The maximum atomic E-state index is 11.4. The molecule has 147 valence electrons. The van der Waals surface area contributed by atoms with Gasteiger partial charge in [0.1, 0.15) is 0 Å². The minimum atomic E-state index is -0.337. The second-order valence-electron chi connectivity index (χ2n) is 5.21. The Morgan fingerprint density at radius 3 is 1.79 bits per heavy atom. The van der Waals surface area contributed by atoms with Gasteiger partial charge in [-0.1, -0.05) is 0 Å². The van der Waals surface area contributed by atoms with Crippen LogP contribution in [0.15, 0.2) is 29.2 Å². The number of rotatable bonds is 4. The zero-order valence-corrected chi connectivity index (χ0v) is 19.1. The van der Waals surface area contributed by atoms with Crippen molar-refractivity contribution >= 4 is 20.0 Å². The number of ether oxygens (including phenoxy) is 4. The van der Waals surface area contributed by atoms with Gasteiger partial charge in [-0.05, 0) is 31.6 Å². The Hall–Kier alpha value is -2.10. The van der Waals surface area contributed by atoms with Crippen LogP contribution in [0.3, 0.4) is 0 Å². The first-order chi connectivity index (χ1) is 12.2. The van der Waals surface area contributed by atoms with Gasteiger partial charge in [0.2, 0.25) is 34.6 Å². The molecule has 1 aromatic carbocycles. The predicted octanol–water partition coefficient (Wildman–Crippen LogP) is -1.25. The van der Waals surface area contributed by atoms with Crippen molar-refractivity contribution in [3.63, 3.8) is 0 Å². The number of carbonyl (C=O) groups is 2. The summed E-state index contributed by atoms with van der Waals surface area (Å²) in [5, 5.41) is 18.9. The molecule has 2 rings (SSSR count). The quantitative estimate of drug-likeness (QED) is 0.366.